The molecule has 0 amide bonds. The van der Waals surface area contributed by atoms with Crippen LogP contribution in [0.25, 0.3) is 11.0 Å². The van der Waals surface area contributed by atoms with Crippen molar-refractivity contribution >= 4 is 16.8 Å². The quantitative estimate of drug-likeness (QED) is 0.751. The van der Waals surface area contributed by atoms with E-state index in [0.717, 1.165) is 22.4 Å². The van der Waals surface area contributed by atoms with E-state index < -0.39 is 0 Å². The predicted molar refractivity (Wildman–Crippen MR) is 87.8 cm³/mol. The SMILES string of the molecule is Cc1ccc2c(c1)nc(C(C)N)n2CC(=O)c1ccccc1. The van der Waals surface area contributed by atoms with Crippen molar-refractivity contribution in [3.8, 4) is 0 Å². The fourth-order valence-corrected chi connectivity index (χ4v) is 2.63. The molecule has 3 aromatic rings. The summed E-state index contributed by atoms with van der Waals surface area (Å²) in [4.78, 5) is 17.1. The zero-order valence-electron chi connectivity index (χ0n) is 12.8. The highest BCUT2D eigenvalue weighted by Gasteiger charge is 2.17. The number of hydrogen-bond donors (Lipinski definition) is 1. The van der Waals surface area contributed by atoms with E-state index in [4.69, 9.17) is 5.73 Å². The monoisotopic (exact) mass is 293 g/mol. The second-order valence-electron chi connectivity index (χ2n) is 5.63. The second kappa shape index (κ2) is 5.73. The van der Waals surface area contributed by atoms with Crippen LogP contribution in [-0.2, 0) is 6.54 Å². The third-order valence-electron chi connectivity index (χ3n) is 3.74. The number of aryl methyl sites for hydroxylation is 1. The summed E-state index contributed by atoms with van der Waals surface area (Å²) in [7, 11) is 0. The Morgan fingerprint density at radius 3 is 2.64 bits per heavy atom. The molecule has 1 unspecified atom stereocenters. The maximum absolute atomic E-state index is 12.5. The number of nitrogens with zero attached hydrogens (tertiary/aromatic N) is 2. The maximum Gasteiger partial charge on any atom is 0.182 e. The smallest absolute Gasteiger partial charge is 0.182 e. The number of Topliss-reactive ketones (excluding diaryl/α,β-unsaturated/α-hetero) is 1. The van der Waals surface area contributed by atoms with Crippen LogP contribution in [0.3, 0.4) is 0 Å². The number of aromatic nitrogens is 2. The van der Waals surface area contributed by atoms with Gasteiger partial charge in [-0.2, -0.15) is 0 Å². The van der Waals surface area contributed by atoms with Gasteiger partial charge in [-0.3, -0.25) is 4.79 Å². The molecule has 0 radical (unpaired) electrons. The fraction of sp³-hybridized carbons (Fsp3) is 0.222. The molecule has 0 spiro atoms. The van der Waals surface area contributed by atoms with Crippen molar-refractivity contribution in [1.82, 2.24) is 9.55 Å². The van der Waals surface area contributed by atoms with Gasteiger partial charge in [0.25, 0.3) is 0 Å². The van der Waals surface area contributed by atoms with E-state index in [0.29, 0.717) is 5.56 Å². The Kier molecular flexibility index (Phi) is 3.77. The number of rotatable bonds is 4. The first-order valence-electron chi connectivity index (χ1n) is 7.37. The normalized spacial score (nSPS) is 12.5. The lowest BCUT2D eigenvalue weighted by Crippen LogP contribution is -2.18. The molecule has 0 aliphatic carbocycles. The van der Waals surface area contributed by atoms with Crippen LogP contribution in [0.5, 0.6) is 0 Å². The highest BCUT2D eigenvalue weighted by Crippen LogP contribution is 2.21. The minimum atomic E-state index is -0.226. The van der Waals surface area contributed by atoms with E-state index >= 15 is 0 Å². The van der Waals surface area contributed by atoms with Crippen LogP contribution in [0.1, 0.15) is 34.7 Å². The number of carbonyl (C=O) groups is 1. The van der Waals surface area contributed by atoms with Gasteiger partial charge in [0, 0.05) is 5.56 Å². The predicted octanol–water partition coefficient (Wildman–Crippen LogP) is 3.25. The number of carbonyl (C=O) groups excluding carboxylic acids is 1. The topological polar surface area (TPSA) is 60.9 Å². The van der Waals surface area contributed by atoms with Crippen LogP contribution in [0.4, 0.5) is 0 Å². The summed E-state index contributed by atoms with van der Waals surface area (Å²) in [5.74, 6) is 0.798. The molecule has 2 N–H and O–H groups in total. The van der Waals surface area contributed by atoms with Crippen molar-refractivity contribution in [2.24, 2.45) is 5.73 Å². The van der Waals surface area contributed by atoms with E-state index in [1.165, 1.54) is 0 Å². The van der Waals surface area contributed by atoms with Crippen molar-refractivity contribution in [1.29, 1.82) is 0 Å². The van der Waals surface area contributed by atoms with Gasteiger partial charge >= 0.3 is 0 Å². The molecule has 1 atom stereocenters. The Balaban J connectivity index is 2.05. The molecule has 0 fully saturated rings. The second-order valence-corrected chi connectivity index (χ2v) is 5.63. The summed E-state index contributed by atoms with van der Waals surface area (Å²) >= 11 is 0. The molecule has 2 aromatic carbocycles. The van der Waals surface area contributed by atoms with Crippen LogP contribution in [0.2, 0.25) is 0 Å². The molecule has 4 heteroatoms. The van der Waals surface area contributed by atoms with Crippen LogP contribution < -0.4 is 5.73 Å². The van der Waals surface area contributed by atoms with Gasteiger partial charge in [0.1, 0.15) is 5.82 Å². The number of ketones is 1. The molecule has 1 aromatic heterocycles. The first-order chi connectivity index (χ1) is 10.6. The number of benzene rings is 2. The number of fused-ring (bicyclic) bond motifs is 1. The third-order valence-corrected chi connectivity index (χ3v) is 3.74. The van der Waals surface area contributed by atoms with Gasteiger partial charge in [0.05, 0.1) is 23.6 Å². The van der Waals surface area contributed by atoms with Crippen molar-refractivity contribution < 1.29 is 4.79 Å². The molecule has 112 valence electrons. The highest BCUT2D eigenvalue weighted by molar-refractivity contribution is 5.96. The molecule has 0 aliphatic rings. The maximum atomic E-state index is 12.5. The van der Waals surface area contributed by atoms with E-state index in [-0.39, 0.29) is 18.4 Å². The standard InChI is InChI=1S/C18H19N3O/c1-12-8-9-16-15(10-12)20-18(13(2)19)21(16)11-17(22)14-6-4-3-5-7-14/h3-10,13H,11,19H2,1-2H3. The van der Waals surface area contributed by atoms with Crippen molar-refractivity contribution in [3.05, 3.63) is 65.5 Å². The molecule has 0 bridgehead atoms. The number of imidazole rings is 1. The summed E-state index contributed by atoms with van der Waals surface area (Å²) in [6.45, 7) is 4.16. The average molecular weight is 293 g/mol. The minimum Gasteiger partial charge on any atom is -0.322 e. The average Bonchev–Trinajstić information content (AvgIpc) is 2.86. The molecule has 1 heterocycles. The van der Waals surface area contributed by atoms with Gasteiger partial charge in [-0.1, -0.05) is 36.4 Å². The molecule has 22 heavy (non-hydrogen) atoms. The van der Waals surface area contributed by atoms with Gasteiger partial charge < -0.3 is 10.3 Å². The summed E-state index contributed by atoms with van der Waals surface area (Å²) in [5, 5.41) is 0. The molecule has 4 nitrogen and oxygen atoms in total. The summed E-state index contributed by atoms with van der Waals surface area (Å²) in [6, 6.07) is 15.1. The number of hydrogen-bond acceptors (Lipinski definition) is 3. The molecular weight excluding hydrogens is 274 g/mol. The third kappa shape index (κ3) is 2.65. The lowest BCUT2D eigenvalue weighted by atomic mass is 10.1. The van der Waals surface area contributed by atoms with E-state index in [1.54, 1.807) is 0 Å². The van der Waals surface area contributed by atoms with Gasteiger partial charge in [-0.05, 0) is 31.5 Å². The van der Waals surface area contributed by atoms with Crippen molar-refractivity contribution in [2.45, 2.75) is 26.4 Å². The largest absolute Gasteiger partial charge is 0.322 e. The molecule has 0 aliphatic heterocycles. The van der Waals surface area contributed by atoms with Crippen molar-refractivity contribution in [2.75, 3.05) is 0 Å². The number of nitrogens with two attached hydrogens (primary N) is 1. The first kappa shape index (κ1) is 14.5. The molecule has 0 saturated heterocycles. The van der Waals surface area contributed by atoms with E-state index in [9.17, 15) is 4.79 Å². The van der Waals surface area contributed by atoms with Gasteiger partial charge in [0.2, 0.25) is 0 Å². The fourth-order valence-electron chi connectivity index (χ4n) is 2.63. The van der Waals surface area contributed by atoms with Crippen LogP contribution >= 0.6 is 0 Å². The molecular formula is C18H19N3O. The Morgan fingerprint density at radius 1 is 1.23 bits per heavy atom. The zero-order chi connectivity index (χ0) is 15.7. The summed E-state index contributed by atoms with van der Waals surface area (Å²) in [5.41, 5.74) is 9.71. The first-order valence-corrected chi connectivity index (χ1v) is 7.37. The highest BCUT2D eigenvalue weighted by atomic mass is 16.1. The van der Waals surface area contributed by atoms with Gasteiger partial charge in [-0.15, -0.1) is 0 Å². The Hall–Kier alpha value is -2.46. The van der Waals surface area contributed by atoms with Crippen molar-refractivity contribution in [3.63, 3.8) is 0 Å². The Bertz CT molecular complexity index is 819. The summed E-state index contributed by atoms with van der Waals surface area (Å²) in [6.07, 6.45) is 0. The Labute approximate surface area is 129 Å². The lowest BCUT2D eigenvalue weighted by Gasteiger charge is -2.11. The molecule has 0 saturated carbocycles. The lowest BCUT2D eigenvalue weighted by molar-refractivity contribution is 0.0972. The van der Waals surface area contributed by atoms with Gasteiger partial charge in [-0.25, -0.2) is 4.98 Å². The van der Waals surface area contributed by atoms with Crippen LogP contribution in [0, 0.1) is 6.92 Å². The van der Waals surface area contributed by atoms with Crippen LogP contribution in [-0.4, -0.2) is 15.3 Å². The van der Waals surface area contributed by atoms with E-state index in [2.05, 4.69) is 4.98 Å². The zero-order valence-corrected chi connectivity index (χ0v) is 12.8. The minimum absolute atomic E-state index is 0.0578. The van der Waals surface area contributed by atoms with Crippen LogP contribution in [0.15, 0.2) is 48.5 Å². The van der Waals surface area contributed by atoms with Gasteiger partial charge in [0.15, 0.2) is 5.78 Å². The molecule has 3 rings (SSSR count). The Morgan fingerprint density at radius 2 is 1.95 bits per heavy atom. The van der Waals surface area contributed by atoms with E-state index in [1.807, 2.05) is 66.9 Å². The summed E-state index contributed by atoms with van der Waals surface area (Å²) < 4.78 is 1.93.